The van der Waals surface area contributed by atoms with Gasteiger partial charge in [-0.15, -0.1) is 0 Å². The van der Waals surface area contributed by atoms with Gasteiger partial charge in [-0.25, -0.2) is 4.98 Å². The summed E-state index contributed by atoms with van der Waals surface area (Å²) in [4.78, 5) is 8.44. The van der Waals surface area contributed by atoms with Crippen LogP contribution in [-0.2, 0) is 11.6 Å². The second-order valence-corrected chi connectivity index (χ2v) is 6.25. The van der Waals surface area contributed by atoms with Crippen molar-refractivity contribution >= 4 is 11.8 Å². The lowest BCUT2D eigenvalue weighted by Gasteiger charge is -2.41. The lowest BCUT2D eigenvalue weighted by molar-refractivity contribution is -0.137. The second kappa shape index (κ2) is 6.74. The van der Waals surface area contributed by atoms with Crippen LogP contribution in [0.4, 0.5) is 19.0 Å². The fourth-order valence-corrected chi connectivity index (χ4v) is 3.01. The molecule has 1 aromatic heterocycles. The van der Waals surface area contributed by atoms with E-state index in [1.54, 1.807) is 24.4 Å². The van der Waals surface area contributed by atoms with Crippen LogP contribution >= 0.6 is 0 Å². The first-order valence-corrected chi connectivity index (χ1v) is 8.05. The van der Waals surface area contributed by atoms with Crippen molar-refractivity contribution in [2.24, 2.45) is 10.7 Å². The number of aromatic nitrogens is 1. The van der Waals surface area contributed by atoms with Gasteiger partial charge in [0, 0.05) is 11.6 Å². The van der Waals surface area contributed by atoms with E-state index >= 15 is 0 Å². The van der Waals surface area contributed by atoms with E-state index in [1.165, 1.54) is 12.1 Å². The number of hydrogen-bond donors (Lipinski definition) is 2. The molecular formula is C18H19F3N4. The van der Waals surface area contributed by atoms with Crippen LogP contribution in [0.2, 0.25) is 0 Å². The van der Waals surface area contributed by atoms with Gasteiger partial charge in [-0.2, -0.15) is 13.2 Å². The topological polar surface area (TPSA) is 63.3 Å². The number of halogens is 3. The molecule has 1 fully saturated rings. The van der Waals surface area contributed by atoms with Gasteiger partial charge in [0.05, 0.1) is 12.1 Å². The normalized spacial score (nSPS) is 17.0. The van der Waals surface area contributed by atoms with Crippen LogP contribution in [0.25, 0.3) is 0 Å². The molecule has 0 atom stereocenters. The Bertz CT molecular complexity index is 752. The molecule has 1 saturated carbocycles. The average molecular weight is 348 g/mol. The van der Waals surface area contributed by atoms with E-state index in [1.807, 2.05) is 6.07 Å². The third kappa shape index (κ3) is 3.92. The van der Waals surface area contributed by atoms with Gasteiger partial charge < -0.3 is 11.1 Å². The van der Waals surface area contributed by atoms with E-state index in [-0.39, 0.29) is 11.4 Å². The van der Waals surface area contributed by atoms with Crippen molar-refractivity contribution in [1.29, 1.82) is 0 Å². The predicted octanol–water partition coefficient (Wildman–Crippen LogP) is 3.95. The maximum atomic E-state index is 13.0. The molecule has 1 aliphatic carbocycles. The summed E-state index contributed by atoms with van der Waals surface area (Å²) in [6.07, 6.45) is -0.141. The highest BCUT2D eigenvalue weighted by molar-refractivity contribution is 5.91. The highest BCUT2D eigenvalue weighted by Crippen LogP contribution is 2.45. The SMILES string of the molecule is NC(=NCC1(c2cccc(C(F)(F)F)c2)CCC1)Nc1ccccn1. The molecular weight excluding hydrogens is 329 g/mol. The van der Waals surface area contributed by atoms with Gasteiger partial charge in [-0.1, -0.05) is 30.7 Å². The van der Waals surface area contributed by atoms with Crippen molar-refractivity contribution in [1.82, 2.24) is 4.98 Å². The van der Waals surface area contributed by atoms with E-state index in [4.69, 9.17) is 5.73 Å². The first-order valence-electron chi connectivity index (χ1n) is 8.05. The van der Waals surface area contributed by atoms with Crippen molar-refractivity contribution in [3.05, 3.63) is 59.8 Å². The Labute approximate surface area is 144 Å². The lowest BCUT2D eigenvalue weighted by atomic mass is 9.64. The summed E-state index contributed by atoms with van der Waals surface area (Å²) >= 11 is 0. The third-order valence-electron chi connectivity index (χ3n) is 4.59. The van der Waals surface area contributed by atoms with Crippen LogP contribution in [0.5, 0.6) is 0 Å². The second-order valence-electron chi connectivity index (χ2n) is 6.25. The predicted molar refractivity (Wildman–Crippen MR) is 91.3 cm³/mol. The molecule has 7 heteroatoms. The van der Waals surface area contributed by atoms with Gasteiger partial charge in [0.1, 0.15) is 5.82 Å². The maximum absolute atomic E-state index is 13.0. The minimum atomic E-state index is -4.34. The van der Waals surface area contributed by atoms with Gasteiger partial charge >= 0.3 is 6.18 Å². The number of nitrogens with one attached hydrogen (secondary N) is 1. The fraction of sp³-hybridized carbons (Fsp3) is 0.333. The summed E-state index contributed by atoms with van der Waals surface area (Å²) in [6, 6.07) is 10.9. The average Bonchev–Trinajstić information content (AvgIpc) is 2.54. The van der Waals surface area contributed by atoms with E-state index in [0.29, 0.717) is 17.9 Å². The van der Waals surface area contributed by atoms with Gasteiger partial charge in [0.25, 0.3) is 0 Å². The maximum Gasteiger partial charge on any atom is 0.416 e. The number of nitrogens with two attached hydrogens (primary N) is 1. The summed E-state index contributed by atoms with van der Waals surface area (Å²) in [5.74, 6) is 0.780. The molecule has 3 rings (SSSR count). The number of benzene rings is 1. The van der Waals surface area contributed by atoms with Crippen molar-refractivity contribution < 1.29 is 13.2 Å². The molecule has 0 spiro atoms. The number of anilines is 1. The lowest BCUT2D eigenvalue weighted by Crippen LogP contribution is -2.39. The monoisotopic (exact) mass is 348 g/mol. The van der Waals surface area contributed by atoms with E-state index < -0.39 is 11.7 Å². The fourth-order valence-electron chi connectivity index (χ4n) is 3.01. The van der Waals surface area contributed by atoms with Gasteiger partial charge in [0.15, 0.2) is 5.96 Å². The van der Waals surface area contributed by atoms with Gasteiger partial charge in [0.2, 0.25) is 0 Å². The first-order chi connectivity index (χ1) is 11.9. The molecule has 25 heavy (non-hydrogen) atoms. The van der Waals surface area contributed by atoms with Crippen molar-refractivity contribution in [2.75, 3.05) is 11.9 Å². The molecule has 1 heterocycles. The summed E-state index contributed by atoms with van der Waals surface area (Å²) in [5.41, 5.74) is 5.55. The Balaban J connectivity index is 1.76. The zero-order valence-electron chi connectivity index (χ0n) is 13.6. The number of hydrogen-bond acceptors (Lipinski definition) is 2. The quantitative estimate of drug-likeness (QED) is 0.650. The number of nitrogens with zero attached hydrogens (tertiary/aromatic N) is 2. The first kappa shape index (κ1) is 17.3. The van der Waals surface area contributed by atoms with Crippen LogP contribution in [0.3, 0.4) is 0 Å². The molecule has 132 valence electrons. The van der Waals surface area contributed by atoms with Crippen LogP contribution in [0.1, 0.15) is 30.4 Å². The molecule has 0 unspecified atom stereocenters. The molecule has 0 saturated heterocycles. The minimum Gasteiger partial charge on any atom is -0.370 e. The summed E-state index contributed by atoms with van der Waals surface area (Å²) < 4.78 is 38.9. The Kier molecular flexibility index (Phi) is 4.65. The Morgan fingerprint density at radius 3 is 2.60 bits per heavy atom. The Morgan fingerprint density at radius 2 is 2.00 bits per heavy atom. The highest BCUT2D eigenvalue weighted by Gasteiger charge is 2.40. The molecule has 4 nitrogen and oxygen atoms in total. The molecule has 1 aliphatic rings. The number of pyridine rings is 1. The number of guanidine groups is 1. The number of aliphatic imine (C=N–C) groups is 1. The summed E-state index contributed by atoms with van der Waals surface area (Å²) in [5, 5.41) is 2.89. The molecule has 0 amide bonds. The molecule has 2 aromatic rings. The standard InChI is InChI=1S/C18H19F3N4/c19-18(20,21)14-6-3-5-13(11-14)17(8-4-9-17)12-24-16(22)25-15-7-1-2-10-23-15/h1-3,5-7,10-11H,4,8-9,12H2,(H3,22,23,24,25). The summed E-state index contributed by atoms with van der Waals surface area (Å²) in [6.45, 7) is 0.347. The van der Waals surface area contributed by atoms with E-state index in [9.17, 15) is 13.2 Å². The smallest absolute Gasteiger partial charge is 0.370 e. The molecule has 0 bridgehead atoms. The van der Waals surface area contributed by atoms with Crippen LogP contribution in [0.15, 0.2) is 53.7 Å². The van der Waals surface area contributed by atoms with E-state index in [0.717, 1.165) is 25.3 Å². The van der Waals surface area contributed by atoms with Crippen molar-refractivity contribution in [2.45, 2.75) is 30.9 Å². The number of alkyl halides is 3. The number of rotatable bonds is 4. The van der Waals surface area contributed by atoms with E-state index in [2.05, 4.69) is 15.3 Å². The third-order valence-corrected chi connectivity index (χ3v) is 4.59. The largest absolute Gasteiger partial charge is 0.416 e. The van der Waals surface area contributed by atoms with Gasteiger partial charge in [-0.3, -0.25) is 4.99 Å². The Morgan fingerprint density at radius 1 is 1.20 bits per heavy atom. The molecule has 0 radical (unpaired) electrons. The van der Waals surface area contributed by atoms with Crippen LogP contribution in [0, 0.1) is 0 Å². The molecule has 3 N–H and O–H groups in total. The Hall–Kier alpha value is -2.57. The van der Waals surface area contributed by atoms with Gasteiger partial charge in [-0.05, 0) is 36.6 Å². The zero-order valence-corrected chi connectivity index (χ0v) is 13.6. The van der Waals surface area contributed by atoms with Crippen molar-refractivity contribution in [3.63, 3.8) is 0 Å². The minimum absolute atomic E-state index is 0.206. The van der Waals surface area contributed by atoms with Crippen molar-refractivity contribution in [3.8, 4) is 0 Å². The van der Waals surface area contributed by atoms with Crippen LogP contribution in [-0.4, -0.2) is 17.5 Å². The molecule has 1 aromatic carbocycles. The summed E-state index contributed by atoms with van der Waals surface area (Å²) in [7, 11) is 0. The molecule has 0 aliphatic heterocycles. The van der Waals surface area contributed by atoms with Crippen LogP contribution < -0.4 is 11.1 Å². The zero-order chi connectivity index (χ0) is 17.9. The highest BCUT2D eigenvalue weighted by atomic mass is 19.4.